The lowest BCUT2D eigenvalue weighted by molar-refractivity contribution is 0.0954. The summed E-state index contributed by atoms with van der Waals surface area (Å²) in [4.78, 5) is 11.9. The second-order valence-corrected chi connectivity index (χ2v) is 5.64. The van der Waals surface area contributed by atoms with Gasteiger partial charge in [-0.15, -0.1) is 0 Å². The van der Waals surface area contributed by atoms with E-state index in [0.717, 1.165) is 5.56 Å². The number of hydrazone groups is 1. The van der Waals surface area contributed by atoms with Crippen molar-refractivity contribution in [3.05, 3.63) is 51.1 Å². The first-order valence-electron chi connectivity index (χ1n) is 6.35. The molecule has 0 saturated carbocycles. The van der Waals surface area contributed by atoms with Gasteiger partial charge < -0.3 is 14.6 Å². The van der Waals surface area contributed by atoms with Gasteiger partial charge in [0.05, 0.1) is 9.78 Å². The molecule has 6 nitrogen and oxygen atoms in total. The lowest BCUT2D eigenvalue weighted by Gasteiger charge is -2.02. The van der Waals surface area contributed by atoms with Crippen molar-refractivity contribution < 1.29 is 19.4 Å². The molecule has 3 rings (SSSR count). The molecule has 0 atom stereocenters. The van der Waals surface area contributed by atoms with Gasteiger partial charge >= 0.3 is 0 Å². The van der Waals surface area contributed by atoms with Crippen LogP contribution < -0.4 is 14.9 Å². The van der Waals surface area contributed by atoms with Gasteiger partial charge in [0, 0.05) is 5.56 Å². The van der Waals surface area contributed by atoms with Gasteiger partial charge in [-0.25, -0.2) is 5.43 Å². The monoisotopic (exact) mass is 410 g/mol. The van der Waals surface area contributed by atoms with Gasteiger partial charge in [-0.3, -0.25) is 4.79 Å². The van der Waals surface area contributed by atoms with Crippen molar-refractivity contribution in [3.63, 3.8) is 0 Å². The number of fused-ring (bicyclic) bond motifs is 1. The molecule has 1 aliphatic heterocycles. The van der Waals surface area contributed by atoms with E-state index >= 15 is 0 Å². The molecular weight excluding hydrogens is 399 g/mol. The number of phenolic OH excluding ortho intramolecular Hbond substituents is 1. The van der Waals surface area contributed by atoms with Gasteiger partial charge in [0.1, 0.15) is 5.75 Å². The zero-order chi connectivity index (χ0) is 15.5. The van der Waals surface area contributed by atoms with Gasteiger partial charge in [-0.1, -0.05) is 0 Å². The SMILES string of the molecule is O=C(N/N=C\c1ccc2c(c1)OCO2)c1ccc(I)c(O)c1. The van der Waals surface area contributed by atoms with Crippen molar-refractivity contribution in [2.75, 3.05) is 6.79 Å². The Morgan fingerprint density at radius 1 is 1.23 bits per heavy atom. The Kier molecular flexibility index (Phi) is 4.14. The van der Waals surface area contributed by atoms with Crippen molar-refractivity contribution in [1.29, 1.82) is 0 Å². The smallest absolute Gasteiger partial charge is 0.271 e. The Morgan fingerprint density at radius 2 is 2.05 bits per heavy atom. The minimum absolute atomic E-state index is 0.0630. The third-order valence-electron chi connectivity index (χ3n) is 2.98. The molecule has 1 aliphatic rings. The third-order valence-corrected chi connectivity index (χ3v) is 3.90. The number of halogens is 1. The molecule has 2 aromatic carbocycles. The van der Waals surface area contributed by atoms with Crippen molar-refractivity contribution in [2.24, 2.45) is 5.10 Å². The van der Waals surface area contributed by atoms with Gasteiger partial charge in [-0.2, -0.15) is 5.10 Å². The number of nitrogens with zero attached hydrogens (tertiary/aromatic N) is 1. The number of nitrogens with one attached hydrogen (secondary N) is 1. The maximum absolute atomic E-state index is 11.9. The molecule has 0 saturated heterocycles. The van der Waals surface area contributed by atoms with Gasteiger partial charge in [0.15, 0.2) is 11.5 Å². The predicted molar refractivity (Wildman–Crippen MR) is 88.4 cm³/mol. The maximum atomic E-state index is 11.9. The van der Waals surface area contributed by atoms with Crippen LogP contribution in [0, 0.1) is 3.57 Å². The zero-order valence-electron chi connectivity index (χ0n) is 11.2. The quantitative estimate of drug-likeness (QED) is 0.463. The Labute approximate surface area is 139 Å². The van der Waals surface area contributed by atoms with Crippen LogP contribution >= 0.6 is 22.6 Å². The average Bonchev–Trinajstić information content (AvgIpc) is 2.97. The van der Waals surface area contributed by atoms with Gasteiger partial charge in [-0.05, 0) is 64.6 Å². The molecule has 2 N–H and O–H groups in total. The second kappa shape index (κ2) is 6.22. The summed E-state index contributed by atoms with van der Waals surface area (Å²) in [6.07, 6.45) is 1.51. The van der Waals surface area contributed by atoms with Crippen LogP contribution in [0.4, 0.5) is 0 Å². The highest BCUT2D eigenvalue weighted by molar-refractivity contribution is 14.1. The Bertz CT molecular complexity index is 761. The summed E-state index contributed by atoms with van der Waals surface area (Å²) < 4.78 is 11.2. The number of amides is 1. The van der Waals surface area contributed by atoms with Gasteiger partial charge in [0.25, 0.3) is 5.91 Å². The summed E-state index contributed by atoms with van der Waals surface area (Å²) in [6, 6.07) is 10.0. The lowest BCUT2D eigenvalue weighted by Crippen LogP contribution is -2.17. The molecule has 0 fully saturated rings. The highest BCUT2D eigenvalue weighted by Gasteiger charge is 2.12. The Hall–Kier alpha value is -2.29. The molecule has 0 radical (unpaired) electrons. The molecular formula is C15H11IN2O4. The van der Waals surface area contributed by atoms with Gasteiger partial charge in [0.2, 0.25) is 6.79 Å². The Balaban J connectivity index is 1.66. The average molecular weight is 410 g/mol. The van der Waals surface area contributed by atoms with E-state index in [1.54, 1.807) is 30.3 Å². The molecule has 0 spiro atoms. The number of ether oxygens (including phenoxy) is 2. The second-order valence-electron chi connectivity index (χ2n) is 4.48. The van der Waals surface area contributed by atoms with E-state index in [1.165, 1.54) is 12.3 Å². The minimum Gasteiger partial charge on any atom is -0.507 e. The molecule has 22 heavy (non-hydrogen) atoms. The highest BCUT2D eigenvalue weighted by atomic mass is 127. The number of rotatable bonds is 3. The van der Waals surface area contributed by atoms with E-state index in [4.69, 9.17) is 9.47 Å². The molecule has 7 heteroatoms. The van der Waals surface area contributed by atoms with Crippen molar-refractivity contribution in [2.45, 2.75) is 0 Å². The molecule has 1 amide bonds. The summed E-state index contributed by atoms with van der Waals surface area (Å²) in [5, 5.41) is 13.5. The normalized spacial score (nSPS) is 12.6. The number of aromatic hydroxyl groups is 1. The van der Waals surface area contributed by atoms with Crippen LogP contribution in [0.5, 0.6) is 17.2 Å². The first-order chi connectivity index (χ1) is 10.6. The highest BCUT2D eigenvalue weighted by Crippen LogP contribution is 2.31. The molecule has 1 heterocycles. The molecule has 0 bridgehead atoms. The summed E-state index contributed by atoms with van der Waals surface area (Å²) in [7, 11) is 0. The number of carbonyl (C=O) groups is 1. The fourth-order valence-electron chi connectivity index (χ4n) is 1.88. The van der Waals surface area contributed by atoms with Crippen molar-refractivity contribution >= 4 is 34.7 Å². The molecule has 0 aromatic heterocycles. The summed E-state index contributed by atoms with van der Waals surface area (Å²) in [5.41, 5.74) is 3.51. The summed E-state index contributed by atoms with van der Waals surface area (Å²) >= 11 is 1.98. The summed E-state index contributed by atoms with van der Waals surface area (Å²) in [5.74, 6) is 1.00. The predicted octanol–water partition coefficient (Wildman–Crippen LogP) is 2.49. The number of benzene rings is 2. The van der Waals surface area contributed by atoms with Crippen LogP contribution in [0.2, 0.25) is 0 Å². The first kappa shape index (κ1) is 14.6. The van der Waals surface area contributed by atoms with Crippen LogP contribution in [0.3, 0.4) is 0 Å². The maximum Gasteiger partial charge on any atom is 0.271 e. The van der Waals surface area contributed by atoms with Crippen LogP contribution in [-0.2, 0) is 0 Å². The first-order valence-corrected chi connectivity index (χ1v) is 7.43. The number of carbonyl (C=O) groups excluding carboxylic acids is 1. The van der Waals surface area contributed by atoms with Crippen LogP contribution in [0.25, 0.3) is 0 Å². The van der Waals surface area contributed by atoms with Crippen molar-refractivity contribution in [3.8, 4) is 17.2 Å². The lowest BCUT2D eigenvalue weighted by atomic mass is 10.2. The number of hydrogen-bond acceptors (Lipinski definition) is 5. The van der Waals surface area contributed by atoms with E-state index in [9.17, 15) is 9.90 Å². The third kappa shape index (κ3) is 3.14. The number of hydrogen-bond donors (Lipinski definition) is 2. The fraction of sp³-hybridized carbons (Fsp3) is 0.0667. The molecule has 2 aromatic rings. The Morgan fingerprint density at radius 3 is 2.86 bits per heavy atom. The standard InChI is InChI=1S/C15H11IN2O4/c16-11-3-2-10(6-12(11)19)15(20)18-17-7-9-1-4-13-14(5-9)22-8-21-13/h1-7,19H,8H2,(H,18,20)/b17-7-. The van der Waals surface area contributed by atoms with E-state index in [-0.39, 0.29) is 12.5 Å². The molecule has 0 aliphatic carbocycles. The van der Waals surface area contributed by atoms with E-state index in [1.807, 2.05) is 22.6 Å². The van der Waals surface area contributed by atoms with Crippen LogP contribution in [-0.4, -0.2) is 24.0 Å². The zero-order valence-corrected chi connectivity index (χ0v) is 13.4. The van der Waals surface area contributed by atoms with Crippen molar-refractivity contribution in [1.82, 2.24) is 5.43 Å². The molecule has 0 unspecified atom stereocenters. The molecule has 112 valence electrons. The van der Waals surface area contributed by atoms with E-state index < -0.39 is 5.91 Å². The summed E-state index contributed by atoms with van der Waals surface area (Å²) in [6.45, 7) is 0.211. The fourth-order valence-corrected chi connectivity index (χ4v) is 2.21. The topological polar surface area (TPSA) is 80.2 Å². The minimum atomic E-state index is -0.399. The van der Waals surface area contributed by atoms with E-state index in [0.29, 0.717) is 20.6 Å². The number of phenols is 1. The largest absolute Gasteiger partial charge is 0.507 e. The van der Waals surface area contributed by atoms with Crippen LogP contribution in [0.1, 0.15) is 15.9 Å². The van der Waals surface area contributed by atoms with E-state index in [2.05, 4.69) is 10.5 Å². The van der Waals surface area contributed by atoms with Crippen LogP contribution in [0.15, 0.2) is 41.5 Å².